The normalized spacial score (nSPS) is 15.6. The maximum Gasteiger partial charge on any atom is 0.410 e. The summed E-state index contributed by atoms with van der Waals surface area (Å²) in [5.74, 6) is 0. The number of aryl methyl sites for hydroxylation is 1. The molecule has 1 aliphatic heterocycles. The molecule has 6 heteroatoms. The third-order valence-electron chi connectivity index (χ3n) is 2.81. The number of hydrogen-bond donors (Lipinski definition) is 0. The van der Waals surface area contributed by atoms with Crippen LogP contribution >= 0.6 is 0 Å². The largest absolute Gasteiger partial charge is 0.444 e. The number of aromatic nitrogens is 2. The van der Waals surface area contributed by atoms with Crippen molar-refractivity contribution in [1.82, 2.24) is 14.7 Å². The zero-order valence-electron chi connectivity index (χ0n) is 11.5. The number of fused-ring (bicyclic) bond motifs is 1. The summed E-state index contributed by atoms with van der Waals surface area (Å²) in [6, 6.07) is 1.72. The zero-order valence-corrected chi connectivity index (χ0v) is 11.5. The highest BCUT2D eigenvalue weighted by Gasteiger charge is 2.25. The van der Waals surface area contributed by atoms with E-state index in [0.29, 0.717) is 25.3 Å². The van der Waals surface area contributed by atoms with Crippen molar-refractivity contribution < 1.29 is 14.3 Å². The zero-order chi connectivity index (χ0) is 14.0. The number of carbonyl (C=O) groups excluding carboxylic acids is 2. The monoisotopic (exact) mass is 265 g/mol. The first-order valence-corrected chi connectivity index (χ1v) is 6.39. The minimum atomic E-state index is -0.502. The molecule has 0 bridgehead atoms. The Kier molecular flexibility index (Phi) is 3.59. The summed E-state index contributed by atoms with van der Waals surface area (Å²) in [7, 11) is 0. The molecule has 1 aromatic heterocycles. The van der Waals surface area contributed by atoms with E-state index in [1.165, 1.54) is 0 Å². The molecular weight excluding hydrogens is 246 g/mol. The van der Waals surface area contributed by atoms with Gasteiger partial charge in [-0.2, -0.15) is 5.10 Å². The van der Waals surface area contributed by atoms with E-state index in [1.54, 1.807) is 15.6 Å². The van der Waals surface area contributed by atoms with Crippen molar-refractivity contribution in [2.75, 3.05) is 6.54 Å². The van der Waals surface area contributed by atoms with Crippen molar-refractivity contribution >= 4 is 12.4 Å². The summed E-state index contributed by atoms with van der Waals surface area (Å²) in [5, 5.41) is 4.17. The van der Waals surface area contributed by atoms with Gasteiger partial charge in [0.15, 0.2) is 6.29 Å². The quantitative estimate of drug-likeness (QED) is 0.727. The van der Waals surface area contributed by atoms with Crippen LogP contribution < -0.4 is 0 Å². The molecule has 0 radical (unpaired) electrons. The van der Waals surface area contributed by atoms with Crippen LogP contribution in [0.5, 0.6) is 0 Å². The maximum absolute atomic E-state index is 12.1. The Bertz CT molecular complexity index is 488. The van der Waals surface area contributed by atoms with Gasteiger partial charge in [-0.1, -0.05) is 0 Å². The van der Waals surface area contributed by atoms with E-state index in [2.05, 4.69) is 5.10 Å². The van der Waals surface area contributed by atoms with Crippen LogP contribution in [0.3, 0.4) is 0 Å². The Balaban J connectivity index is 2.12. The van der Waals surface area contributed by atoms with Crippen LogP contribution in [0.4, 0.5) is 4.79 Å². The van der Waals surface area contributed by atoms with Gasteiger partial charge in [0.05, 0.1) is 12.2 Å². The number of ether oxygens (including phenoxy) is 1. The maximum atomic E-state index is 12.1. The SMILES string of the molecule is CC(C)(C)OC(=O)N1CCCn2nc(C=O)cc2C1. The standard InChI is InChI=1S/C13H19N3O3/c1-13(2,3)19-12(18)15-5-4-6-16-11(8-15)7-10(9-17)14-16/h7,9H,4-6,8H2,1-3H3. The molecule has 0 aliphatic carbocycles. The van der Waals surface area contributed by atoms with Crippen molar-refractivity contribution in [2.24, 2.45) is 0 Å². The molecule has 0 N–H and O–H groups in total. The highest BCUT2D eigenvalue weighted by molar-refractivity contribution is 5.72. The Morgan fingerprint density at radius 1 is 1.42 bits per heavy atom. The lowest BCUT2D eigenvalue weighted by molar-refractivity contribution is 0.0236. The average molecular weight is 265 g/mol. The van der Waals surface area contributed by atoms with Crippen LogP contribution in [-0.2, 0) is 17.8 Å². The first-order valence-electron chi connectivity index (χ1n) is 6.39. The summed E-state index contributed by atoms with van der Waals surface area (Å²) in [4.78, 5) is 24.4. The molecule has 1 amide bonds. The predicted octanol–water partition coefficient (Wildman–Crippen LogP) is 1.84. The highest BCUT2D eigenvalue weighted by Crippen LogP contribution is 2.16. The predicted molar refractivity (Wildman–Crippen MR) is 68.9 cm³/mol. The first kappa shape index (κ1) is 13.6. The third kappa shape index (κ3) is 3.33. The molecule has 6 nitrogen and oxygen atoms in total. The third-order valence-corrected chi connectivity index (χ3v) is 2.81. The van der Waals surface area contributed by atoms with E-state index in [9.17, 15) is 9.59 Å². The molecule has 0 saturated heterocycles. The van der Waals surface area contributed by atoms with Crippen molar-refractivity contribution in [3.63, 3.8) is 0 Å². The van der Waals surface area contributed by atoms with Crippen molar-refractivity contribution in [1.29, 1.82) is 0 Å². The fourth-order valence-electron chi connectivity index (χ4n) is 2.02. The van der Waals surface area contributed by atoms with Gasteiger partial charge in [-0.15, -0.1) is 0 Å². The van der Waals surface area contributed by atoms with Gasteiger partial charge >= 0.3 is 6.09 Å². The molecule has 0 atom stereocenters. The molecule has 0 fully saturated rings. The van der Waals surface area contributed by atoms with Gasteiger partial charge < -0.3 is 9.64 Å². The van der Waals surface area contributed by atoms with Crippen molar-refractivity contribution in [3.05, 3.63) is 17.5 Å². The fourth-order valence-corrected chi connectivity index (χ4v) is 2.02. The Labute approximate surface area is 112 Å². The van der Waals surface area contributed by atoms with Crippen LogP contribution in [-0.4, -0.2) is 39.2 Å². The lowest BCUT2D eigenvalue weighted by Crippen LogP contribution is -2.36. The minimum absolute atomic E-state index is 0.324. The van der Waals surface area contributed by atoms with Gasteiger partial charge in [0.25, 0.3) is 0 Å². The van der Waals surface area contributed by atoms with Crippen LogP contribution in [0.25, 0.3) is 0 Å². The van der Waals surface area contributed by atoms with Gasteiger partial charge in [0, 0.05) is 13.1 Å². The highest BCUT2D eigenvalue weighted by atomic mass is 16.6. The summed E-state index contributed by atoms with van der Waals surface area (Å²) >= 11 is 0. The number of carbonyl (C=O) groups is 2. The van der Waals surface area contributed by atoms with Crippen molar-refractivity contribution in [2.45, 2.75) is 45.9 Å². The first-order chi connectivity index (χ1) is 8.89. The number of nitrogens with zero attached hydrogens (tertiary/aromatic N) is 3. The number of aldehydes is 1. The van der Waals surface area contributed by atoms with E-state index in [0.717, 1.165) is 18.4 Å². The summed E-state index contributed by atoms with van der Waals surface area (Å²) in [6.07, 6.45) is 1.20. The molecule has 19 heavy (non-hydrogen) atoms. The smallest absolute Gasteiger partial charge is 0.410 e. The molecular formula is C13H19N3O3. The number of hydrogen-bond acceptors (Lipinski definition) is 4. The second kappa shape index (κ2) is 5.03. The molecule has 2 rings (SSSR count). The molecule has 1 aliphatic rings. The van der Waals surface area contributed by atoms with Gasteiger partial charge in [-0.3, -0.25) is 9.48 Å². The van der Waals surface area contributed by atoms with Crippen LogP contribution in [0.15, 0.2) is 6.07 Å². The molecule has 1 aromatic rings. The van der Waals surface area contributed by atoms with Crippen LogP contribution in [0.1, 0.15) is 43.4 Å². The molecule has 0 spiro atoms. The lowest BCUT2D eigenvalue weighted by Gasteiger charge is -2.26. The second-order valence-corrected chi connectivity index (χ2v) is 5.66. The molecule has 104 valence electrons. The number of amides is 1. The van der Waals surface area contributed by atoms with Gasteiger partial charge in [-0.05, 0) is 33.3 Å². The van der Waals surface area contributed by atoms with E-state index in [1.807, 2.05) is 20.8 Å². The molecule has 0 saturated carbocycles. The Morgan fingerprint density at radius 3 is 2.79 bits per heavy atom. The van der Waals surface area contributed by atoms with E-state index < -0.39 is 5.60 Å². The minimum Gasteiger partial charge on any atom is -0.444 e. The summed E-state index contributed by atoms with van der Waals surface area (Å²) in [5.41, 5.74) is 0.768. The van der Waals surface area contributed by atoms with Crippen LogP contribution in [0.2, 0.25) is 0 Å². The number of rotatable bonds is 1. The van der Waals surface area contributed by atoms with Crippen LogP contribution in [0, 0.1) is 0 Å². The van der Waals surface area contributed by atoms with E-state index >= 15 is 0 Å². The van der Waals surface area contributed by atoms with E-state index in [4.69, 9.17) is 4.74 Å². The average Bonchev–Trinajstić information content (AvgIpc) is 2.58. The van der Waals surface area contributed by atoms with Gasteiger partial charge in [0.1, 0.15) is 11.3 Å². The van der Waals surface area contributed by atoms with Gasteiger partial charge in [0.2, 0.25) is 0 Å². The summed E-state index contributed by atoms with van der Waals surface area (Å²) in [6.45, 7) is 7.30. The topological polar surface area (TPSA) is 64.4 Å². The Morgan fingerprint density at radius 2 is 2.16 bits per heavy atom. The second-order valence-electron chi connectivity index (χ2n) is 5.66. The lowest BCUT2D eigenvalue weighted by atomic mass is 10.2. The Hall–Kier alpha value is -1.85. The fraction of sp³-hybridized carbons (Fsp3) is 0.615. The van der Waals surface area contributed by atoms with Gasteiger partial charge in [-0.25, -0.2) is 4.79 Å². The van der Waals surface area contributed by atoms with Crippen molar-refractivity contribution in [3.8, 4) is 0 Å². The molecule has 0 unspecified atom stereocenters. The molecule has 2 heterocycles. The van der Waals surface area contributed by atoms with E-state index in [-0.39, 0.29) is 6.09 Å². The summed E-state index contributed by atoms with van der Waals surface area (Å²) < 4.78 is 7.15. The molecule has 0 aromatic carbocycles.